The standard InChI is InChI=1S/C17H26F2N2O2/c1-11(2)12(10-21-16(22)23-17(3,4)5)9-20-15-13(18)7-6-8-14(15)19/h6-8,11-12,20H,9-10H2,1-5H3,(H,21,22). The lowest BCUT2D eigenvalue weighted by atomic mass is 9.95. The second-order valence-electron chi connectivity index (χ2n) is 6.86. The van der Waals surface area contributed by atoms with Gasteiger partial charge in [0.2, 0.25) is 0 Å². The molecule has 6 heteroatoms. The van der Waals surface area contributed by atoms with Crippen LogP contribution in [-0.2, 0) is 4.74 Å². The second kappa shape index (κ2) is 8.13. The summed E-state index contributed by atoms with van der Waals surface area (Å²) >= 11 is 0. The summed E-state index contributed by atoms with van der Waals surface area (Å²) in [4.78, 5) is 11.7. The van der Waals surface area contributed by atoms with Gasteiger partial charge in [0.15, 0.2) is 0 Å². The van der Waals surface area contributed by atoms with Gasteiger partial charge in [-0.25, -0.2) is 13.6 Å². The number of nitrogens with one attached hydrogen (secondary N) is 2. The maximum absolute atomic E-state index is 13.6. The van der Waals surface area contributed by atoms with Crippen molar-refractivity contribution in [2.24, 2.45) is 11.8 Å². The van der Waals surface area contributed by atoms with E-state index < -0.39 is 23.3 Å². The van der Waals surface area contributed by atoms with Crippen LogP contribution < -0.4 is 10.6 Å². The molecule has 0 saturated carbocycles. The Bertz CT molecular complexity index is 508. The van der Waals surface area contributed by atoms with Gasteiger partial charge < -0.3 is 15.4 Å². The van der Waals surface area contributed by atoms with E-state index >= 15 is 0 Å². The summed E-state index contributed by atoms with van der Waals surface area (Å²) in [5, 5.41) is 5.49. The third-order valence-electron chi connectivity index (χ3n) is 3.35. The van der Waals surface area contributed by atoms with Crippen molar-refractivity contribution in [2.75, 3.05) is 18.4 Å². The van der Waals surface area contributed by atoms with Gasteiger partial charge in [-0.3, -0.25) is 0 Å². The van der Waals surface area contributed by atoms with Crippen LogP contribution in [0.4, 0.5) is 19.3 Å². The molecule has 0 spiro atoms. The van der Waals surface area contributed by atoms with Crippen molar-refractivity contribution in [3.05, 3.63) is 29.8 Å². The van der Waals surface area contributed by atoms with Crippen LogP contribution in [0.2, 0.25) is 0 Å². The Morgan fingerprint density at radius 2 is 1.74 bits per heavy atom. The number of rotatable bonds is 6. The topological polar surface area (TPSA) is 50.4 Å². The molecule has 1 atom stereocenters. The average molecular weight is 328 g/mol. The molecular formula is C17H26F2N2O2. The van der Waals surface area contributed by atoms with Gasteiger partial charge in [0.05, 0.1) is 0 Å². The van der Waals surface area contributed by atoms with Crippen molar-refractivity contribution in [2.45, 2.75) is 40.2 Å². The number of carbonyl (C=O) groups excluding carboxylic acids is 1. The summed E-state index contributed by atoms with van der Waals surface area (Å²) < 4.78 is 32.4. The van der Waals surface area contributed by atoms with E-state index in [1.807, 2.05) is 13.8 Å². The van der Waals surface area contributed by atoms with E-state index in [2.05, 4.69) is 10.6 Å². The molecule has 0 saturated heterocycles. The van der Waals surface area contributed by atoms with E-state index in [9.17, 15) is 13.6 Å². The minimum absolute atomic E-state index is 0.00141. The largest absolute Gasteiger partial charge is 0.444 e. The molecule has 23 heavy (non-hydrogen) atoms. The van der Waals surface area contributed by atoms with E-state index in [0.29, 0.717) is 13.1 Å². The lowest BCUT2D eigenvalue weighted by Crippen LogP contribution is -2.38. The van der Waals surface area contributed by atoms with Gasteiger partial charge in [-0.2, -0.15) is 0 Å². The number of amides is 1. The molecule has 2 N–H and O–H groups in total. The monoisotopic (exact) mass is 328 g/mol. The highest BCUT2D eigenvalue weighted by Crippen LogP contribution is 2.20. The second-order valence-corrected chi connectivity index (χ2v) is 6.86. The van der Waals surface area contributed by atoms with Gasteiger partial charge in [0.25, 0.3) is 0 Å². The van der Waals surface area contributed by atoms with Crippen LogP contribution in [0, 0.1) is 23.5 Å². The van der Waals surface area contributed by atoms with Crippen LogP contribution in [0.5, 0.6) is 0 Å². The van der Waals surface area contributed by atoms with Crippen LogP contribution in [0.1, 0.15) is 34.6 Å². The number of alkyl carbamates (subject to hydrolysis) is 1. The summed E-state index contributed by atoms with van der Waals surface area (Å²) in [6.07, 6.45) is -0.500. The Morgan fingerprint density at radius 3 is 2.22 bits per heavy atom. The number of hydrogen-bond acceptors (Lipinski definition) is 3. The molecule has 1 aromatic rings. The first kappa shape index (κ1) is 19.2. The Balaban J connectivity index is 2.58. The lowest BCUT2D eigenvalue weighted by Gasteiger charge is -2.24. The Kier molecular flexibility index (Phi) is 6.79. The van der Waals surface area contributed by atoms with Crippen molar-refractivity contribution in [1.82, 2.24) is 5.32 Å². The SMILES string of the molecule is CC(C)C(CNC(=O)OC(C)(C)C)CNc1c(F)cccc1F. The molecule has 130 valence electrons. The molecule has 0 aliphatic carbocycles. The third kappa shape index (κ3) is 6.84. The fourth-order valence-corrected chi connectivity index (χ4v) is 1.97. The summed E-state index contributed by atoms with van der Waals surface area (Å²) in [5.74, 6) is -1.05. The highest BCUT2D eigenvalue weighted by molar-refractivity contribution is 5.67. The molecule has 1 rings (SSSR count). The first-order valence-electron chi connectivity index (χ1n) is 7.75. The molecule has 0 radical (unpaired) electrons. The number of carbonyl (C=O) groups is 1. The van der Waals surface area contributed by atoms with Crippen LogP contribution in [0.25, 0.3) is 0 Å². The molecular weight excluding hydrogens is 302 g/mol. The third-order valence-corrected chi connectivity index (χ3v) is 3.35. The molecule has 0 fully saturated rings. The van der Waals surface area contributed by atoms with E-state index in [-0.39, 0.29) is 17.5 Å². The minimum atomic E-state index is -0.632. The number of hydrogen-bond donors (Lipinski definition) is 2. The number of ether oxygens (including phenoxy) is 1. The van der Waals surface area contributed by atoms with Gasteiger partial charge >= 0.3 is 6.09 Å². The van der Waals surface area contributed by atoms with Crippen molar-refractivity contribution < 1.29 is 18.3 Å². The molecule has 0 aromatic heterocycles. The number of halogens is 2. The molecule has 0 aliphatic rings. The maximum Gasteiger partial charge on any atom is 0.407 e. The van der Waals surface area contributed by atoms with Crippen molar-refractivity contribution in [3.63, 3.8) is 0 Å². The first-order chi connectivity index (χ1) is 10.6. The van der Waals surface area contributed by atoms with Crippen molar-refractivity contribution in [1.29, 1.82) is 0 Å². The van der Waals surface area contributed by atoms with Gasteiger partial charge in [-0.15, -0.1) is 0 Å². The average Bonchev–Trinajstić information content (AvgIpc) is 2.38. The molecule has 0 bridgehead atoms. The molecule has 0 aliphatic heterocycles. The highest BCUT2D eigenvalue weighted by atomic mass is 19.1. The zero-order valence-electron chi connectivity index (χ0n) is 14.4. The van der Waals surface area contributed by atoms with Crippen molar-refractivity contribution >= 4 is 11.8 Å². The Labute approximate surface area is 136 Å². The number of para-hydroxylation sites is 1. The smallest absolute Gasteiger partial charge is 0.407 e. The van der Waals surface area contributed by atoms with Gasteiger partial charge in [0, 0.05) is 13.1 Å². The molecule has 1 amide bonds. The van der Waals surface area contributed by atoms with Gasteiger partial charge in [-0.05, 0) is 44.7 Å². The number of benzene rings is 1. The first-order valence-corrected chi connectivity index (χ1v) is 7.75. The Morgan fingerprint density at radius 1 is 1.17 bits per heavy atom. The normalized spacial score (nSPS) is 12.9. The molecule has 1 aromatic carbocycles. The van der Waals surface area contributed by atoms with Crippen LogP contribution >= 0.6 is 0 Å². The van der Waals surface area contributed by atoms with Crippen LogP contribution in [0.15, 0.2) is 18.2 Å². The van der Waals surface area contributed by atoms with Crippen molar-refractivity contribution in [3.8, 4) is 0 Å². The lowest BCUT2D eigenvalue weighted by molar-refractivity contribution is 0.0516. The predicted molar refractivity (Wildman–Crippen MR) is 87.4 cm³/mol. The molecule has 4 nitrogen and oxygen atoms in total. The highest BCUT2D eigenvalue weighted by Gasteiger charge is 2.20. The maximum atomic E-state index is 13.6. The zero-order valence-corrected chi connectivity index (χ0v) is 14.4. The quantitative estimate of drug-likeness (QED) is 0.824. The Hall–Kier alpha value is -1.85. The summed E-state index contributed by atoms with van der Waals surface area (Å²) in [7, 11) is 0. The van der Waals surface area contributed by atoms with E-state index in [1.54, 1.807) is 20.8 Å². The van der Waals surface area contributed by atoms with Crippen LogP contribution in [0.3, 0.4) is 0 Å². The van der Waals surface area contributed by atoms with E-state index in [1.165, 1.54) is 18.2 Å². The van der Waals surface area contributed by atoms with Gasteiger partial charge in [-0.1, -0.05) is 19.9 Å². The van der Waals surface area contributed by atoms with Gasteiger partial charge in [0.1, 0.15) is 22.9 Å². The summed E-state index contributed by atoms with van der Waals surface area (Å²) in [6.45, 7) is 10.0. The summed E-state index contributed by atoms with van der Waals surface area (Å²) in [6, 6.07) is 3.73. The minimum Gasteiger partial charge on any atom is -0.444 e. The zero-order chi connectivity index (χ0) is 17.6. The molecule has 0 heterocycles. The van der Waals surface area contributed by atoms with E-state index in [0.717, 1.165) is 0 Å². The predicted octanol–water partition coefficient (Wildman–Crippen LogP) is 4.17. The van der Waals surface area contributed by atoms with Crippen LogP contribution in [-0.4, -0.2) is 24.8 Å². The fourth-order valence-electron chi connectivity index (χ4n) is 1.97. The van der Waals surface area contributed by atoms with E-state index in [4.69, 9.17) is 4.74 Å². The summed E-state index contributed by atoms with van der Waals surface area (Å²) in [5.41, 5.74) is -0.707. The molecule has 1 unspecified atom stereocenters. The fraction of sp³-hybridized carbons (Fsp3) is 0.588. The number of anilines is 1.